The molecule has 0 saturated carbocycles. The number of thioether (sulfide) groups is 1. The summed E-state index contributed by atoms with van der Waals surface area (Å²) in [4.78, 5) is 14.2. The molecule has 18 heavy (non-hydrogen) atoms. The molecule has 0 bridgehead atoms. The molecular weight excluding hydrogens is 268 g/mol. The minimum absolute atomic E-state index is 0.140. The highest BCUT2D eigenvalue weighted by molar-refractivity contribution is 7.99. The largest absolute Gasteiger partial charge is 0.291 e. The first-order chi connectivity index (χ1) is 8.29. The van der Waals surface area contributed by atoms with Gasteiger partial charge in [0, 0.05) is 34.5 Å². The second-order valence-electron chi connectivity index (χ2n) is 5.22. The van der Waals surface area contributed by atoms with Gasteiger partial charge in [-0.15, -0.1) is 0 Å². The number of carbonyl (C=O) groups excluding carboxylic acids is 1. The molecule has 1 aliphatic rings. The van der Waals surface area contributed by atoms with Crippen LogP contribution in [0.2, 0.25) is 0 Å². The fourth-order valence-corrected chi connectivity index (χ4v) is 3.42. The van der Waals surface area contributed by atoms with Crippen LogP contribution in [-0.4, -0.2) is 57.7 Å². The molecule has 1 atom stereocenters. The van der Waals surface area contributed by atoms with Crippen LogP contribution >= 0.6 is 11.8 Å². The highest BCUT2D eigenvalue weighted by Crippen LogP contribution is 2.20. The molecule has 1 aliphatic heterocycles. The summed E-state index contributed by atoms with van der Waals surface area (Å²) >= 11 is 1.90. The van der Waals surface area contributed by atoms with Crippen LogP contribution in [0, 0.1) is 0 Å². The Kier molecular flexibility index (Phi) is 6.14. The SMILES string of the molecule is CC(C)SCCN1CCC[C@H]1C(=O)N=S(C)(C)=O. The van der Waals surface area contributed by atoms with Crippen LogP contribution in [0.25, 0.3) is 0 Å². The molecule has 0 aromatic carbocycles. The Morgan fingerprint density at radius 1 is 1.50 bits per heavy atom. The van der Waals surface area contributed by atoms with E-state index in [2.05, 4.69) is 23.1 Å². The van der Waals surface area contributed by atoms with Crippen molar-refractivity contribution in [2.45, 2.75) is 38.0 Å². The van der Waals surface area contributed by atoms with Crippen LogP contribution in [0.1, 0.15) is 26.7 Å². The van der Waals surface area contributed by atoms with Gasteiger partial charge in [-0.1, -0.05) is 13.8 Å². The normalized spacial score (nSPS) is 21.5. The van der Waals surface area contributed by atoms with Gasteiger partial charge in [-0.3, -0.25) is 9.69 Å². The van der Waals surface area contributed by atoms with Crippen molar-refractivity contribution in [3.8, 4) is 0 Å². The van der Waals surface area contributed by atoms with E-state index in [1.807, 2.05) is 11.8 Å². The lowest BCUT2D eigenvalue weighted by atomic mass is 10.2. The third kappa shape index (κ3) is 5.71. The molecule has 1 amide bonds. The molecule has 4 nitrogen and oxygen atoms in total. The predicted octanol–water partition coefficient (Wildman–Crippen LogP) is 1.85. The van der Waals surface area contributed by atoms with Gasteiger partial charge >= 0.3 is 0 Å². The summed E-state index contributed by atoms with van der Waals surface area (Å²) in [5.74, 6) is 0.840. The molecule has 0 aromatic heterocycles. The molecule has 1 rings (SSSR count). The van der Waals surface area contributed by atoms with E-state index in [9.17, 15) is 9.00 Å². The van der Waals surface area contributed by atoms with Crippen molar-refractivity contribution in [1.29, 1.82) is 0 Å². The van der Waals surface area contributed by atoms with Crippen LogP contribution in [0.3, 0.4) is 0 Å². The van der Waals surface area contributed by atoms with E-state index in [-0.39, 0.29) is 11.9 Å². The molecule has 1 fully saturated rings. The maximum atomic E-state index is 12.0. The van der Waals surface area contributed by atoms with E-state index in [0.717, 1.165) is 31.7 Å². The number of hydrogen-bond acceptors (Lipinski definition) is 4. The second-order valence-corrected chi connectivity index (χ2v) is 9.45. The zero-order valence-electron chi connectivity index (χ0n) is 11.7. The lowest BCUT2D eigenvalue weighted by molar-refractivity contribution is -0.121. The van der Waals surface area contributed by atoms with Gasteiger partial charge in [-0.25, -0.2) is 4.21 Å². The lowest BCUT2D eigenvalue weighted by Crippen LogP contribution is -2.37. The predicted molar refractivity (Wildman–Crippen MR) is 79.6 cm³/mol. The van der Waals surface area contributed by atoms with Crippen molar-refractivity contribution >= 4 is 27.4 Å². The quantitative estimate of drug-likeness (QED) is 0.776. The van der Waals surface area contributed by atoms with Crippen molar-refractivity contribution < 1.29 is 9.00 Å². The topological polar surface area (TPSA) is 49.7 Å². The zero-order valence-corrected chi connectivity index (χ0v) is 13.4. The lowest BCUT2D eigenvalue weighted by Gasteiger charge is -2.21. The van der Waals surface area contributed by atoms with Crippen LogP contribution in [-0.2, 0) is 14.5 Å². The first-order valence-electron chi connectivity index (χ1n) is 6.36. The Morgan fingerprint density at radius 3 is 2.72 bits per heavy atom. The maximum Gasteiger partial charge on any atom is 0.271 e. The summed E-state index contributed by atoms with van der Waals surface area (Å²) in [7, 11) is -2.32. The number of nitrogens with zero attached hydrogens (tertiary/aromatic N) is 2. The molecule has 0 unspecified atom stereocenters. The van der Waals surface area contributed by atoms with Crippen molar-refractivity contribution in [3.63, 3.8) is 0 Å². The van der Waals surface area contributed by atoms with Crippen molar-refractivity contribution in [2.75, 3.05) is 31.4 Å². The highest BCUT2D eigenvalue weighted by atomic mass is 32.2. The van der Waals surface area contributed by atoms with Gasteiger partial charge in [0.2, 0.25) is 0 Å². The minimum atomic E-state index is -2.32. The molecule has 106 valence electrons. The van der Waals surface area contributed by atoms with Gasteiger partial charge in [0.1, 0.15) is 0 Å². The Morgan fingerprint density at radius 2 is 2.17 bits per heavy atom. The van der Waals surface area contributed by atoms with Crippen molar-refractivity contribution in [2.24, 2.45) is 4.36 Å². The maximum absolute atomic E-state index is 12.0. The van der Waals surface area contributed by atoms with E-state index in [1.165, 1.54) is 12.5 Å². The third-order valence-electron chi connectivity index (χ3n) is 2.79. The van der Waals surface area contributed by atoms with Crippen LogP contribution in [0.5, 0.6) is 0 Å². The molecule has 0 N–H and O–H groups in total. The first kappa shape index (κ1) is 16.0. The van der Waals surface area contributed by atoms with Gasteiger partial charge in [0.25, 0.3) is 5.91 Å². The Bertz CT molecular complexity index is 393. The smallest absolute Gasteiger partial charge is 0.271 e. The summed E-state index contributed by atoms with van der Waals surface area (Å²) in [5.41, 5.74) is 0. The molecule has 6 heteroatoms. The fraction of sp³-hybridized carbons (Fsp3) is 0.917. The van der Waals surface area contributed by atoms with Gasteiger partial charge in [0.15, 0.2) is 0 Å². The highest BCUT2D eigenvalue weighted by Gasteiger charge is 2.30. The monoisotopic (exact) mass is 292 g/mol. The Balaban J connectivity index is 2.54. The van der Waals surface area contributed by atoms with E-state index < -0.39 is 9.73 Å². The van der Waals surface area contributed by atoms with Gasteiger partial charge in [0.05, 0.1) is 6.04 Å². The van der Waals surface area contributed by atoms with Crippen molar-refractivity contribution in [1.82, 2.24) is 4.90 Å². The number of likely N-dealkylation sites (tertiary alicyclic amines) is 1. The molecule has 1 heterocycles. The fourth-order valence-electron chi connectivity index (χ4n) is 2.06. The Labute approximate surface area is 115 Å². The molecule has 0 aliphatic carbocycles. The zero-order chi connectivity index (χ0) is 13.8. The van der Waals surface area contributed by atoms with E-state index in [1.54, 1.807) is 0 Å². The summed E-state index contributed by atoms with van der Waals surface area (Å²) in [6.07, 6.45) is 4.91. The van der Waals surface area contributed by atoms with Gasteiger partial charge in [-0.2, -0.15) is 16.1 Å². The second kappa shape index (κ2) is 6.91. The number of carbonyl (C=O) groups is 1. The average molecular weight is 292 g/mol. The van der Waals surface area contributed by atoms with Crippen LogP contribution in [0.15, 0.2) is 4.36 Å². The van der Waals surface area contributed by atoms with Gasteiger partial charge < -0.3 is 0 Å². The van der Waals surface area contributed by atoms with E-state index in [4.69, 9.17) is 0 Å². The van der Waals surface area contributed by atoms with Crippen LogP contribution < -0.4 is 0 Å². The Hall–Kier alpha value is -0.0700. The molecular formula is C12H24N2O2S2. The van der Waals surface area contributed by atoms with Crippen molar-refractivity contribution in [3.05, 3.63) is 0 Å². The number of amides is 1. The summed E-state index contributed by atoms with van der Waals surface area (Å²) in [6.45, 7) is 6.23. The molecule has 0 spiro atoms. The summed E-state index contributed by atoms with van der Waals surface area (Å²) < 4.78 is 15.4. The molecule has 0 radical (unpaired) electrons. The average Bonchev–Trinajstić information content (AvgIpc) is 2.62. The van der Waals surface area contributed by atoms with Crippen LogP contribution in [0.4, 0.5) is 0 Å². The molecule has 0 aromatic rings. The first-order valence-corrected chi connectivity index (χ1v) is 9.74. The third-order valence-corrected chi connectivity index (χ3v) is 4.49. The summed E-state index contributed by atoms with van der Waals surface area (Å²) in [5, 5.41) is 0.622. The number of rotatable bonds is 5. The molecule has 1 saturated heterocycles. The van der Waals surface area contributed by atoms with E-state index in [0.29, 0.717) is 5.25 Å². The minimum Gasteiger partial charge on any atom is -0.291 e. The van der Waals surface area contributed by atoms with Gasteiger partial charge in [-0.05, 0) is 24.6 Å². The van der Waals surface area contributed by atoms with E-state index >= 15 is 0 Å². The number of hydrogen-bond donors (Lipinski definition) is 0. The standard InChI is InChI=1S/C12H24N2O2S2/c1-10(2)17-9-8-14-7-5-6-11(14)12(15)13-18(3,4)16/h10-11H,5-9H2,1-4H3/t11-/m0/s1. The summed E-state index contributed by atoms with van der Waals surface area (Å²) in [6, 6.07) is -0.140.